The predicted octanol–water partition coefficient (Wildman–Crippen LogP) is 3.29. The Morgan fingerprint density at radius 3 is 2.52 bits per heavy atom. The van der Waals surface area contributed by atoms with Crippen LogP contribution in [0.2, 0.25) is 0 Å². The molecule has 1 fully saturated rings. The molecule has 4 rings (SSSR count). The van der Waals surface area contributed by atoms with Crippen LogP contribution in [0.4, 0.5) is 0 Å². The molecular formula is C25H31N3O3. The molecule has 0 saturated carbocycles. The number of fused-ring (bicyclic) bond motifs is 1. The summed E-state index contributed by atoms with van der Waals surface area (Å²) >= 11 is 0. The minimum Gasteiger partial charge on any atom is -0.497 e. The van der Waals surface area contributed by atoms with Crippen molar-refractivity contribution < 1.29 is 14.6 Å². The summed E-state index contributed by atoms with van der Waals surface area (Å²) in [5, 5.41) is 11.6. The van der Waals surface area contributed by atoms with Gasteiger partial charge in [-0.3, -0.25) is 9.88 Å². The molecule has 0 spiro atoms. The molecule has 31 heavy (non-hydrogen) atoms. The maximum atomic E-state index is 10.5. The summed E-state index contributed by atoms with van der Waals surface area (Å²) in [4.78, 5) is 9.13. The molecule has 6 heteroatoms. The van der Waals surface area contributed by atoms with Gasteiger partial charge in [-0.25, -0.2) is 0 Å². The fourth-order valence-corrected chi connectivity index (χ4v) is 4.03. The van der Waals surface area contributed by atoms with E-state index in [-0.39, 0.29) is 6.61 Å². The molecule has 0 bridgehead atoms. The monoisotopic (exact) mass is 421 g/mol. The van der Waals surface area contributed by atoms with Gasteiger partial charge in [-0.2, -0.15) is 0 Å². The lowest BCUT2D eigenvalue weighted by molar-refractivity contribution is 0.0470. The highest BCUT2D eigenvalue weighted by Gasteiger charge is 2.18. The molecule has 1 aliphatic heterocycles. The second-order valence-corrected chi connectivity index (χ2v) is 8.01. The lowest BCUT2D eigenvalue weighted by Crippen LogP contribution is -2.49. The molecule has 2 heterocycles. The van der Waals surface area contributed by atoms with Crippen molar-refractivity contribution in [3.8, 4) is 22.6 Å². The molecule has 0 amide bonds. The van der Waals surface area contributed by atoms with Crippen molar-refractivity contribution >= 4 is 10.9 Å². The van der Waals surface area contributed by atoms with Gasteiger partial charge in [0.2, 0.25) is 0 Å². The van der Waals surface area contributed by atoms with Crippen LogP contribution in [0.25, 0.3) is 22.0 Å². The molecule has 1 aromatic heterocycles. The van der Waals surface area contributed by atoms with Gasteiger partial charge < -0.3 is 19.5 Å². The number of aromatic nitrogens is 1. The van der Waals surface area contributed by atoms with Crippen molar-refractivity contribution in [2.75, 3.05) is 53.0 Å². The number of piperazine rings is 1. The van der Waals surface area contributed by atoms with Crippen molar-refractivity contribution in [2.24, 2.45) is 0 Å². The van der Waals surface area contributed by atoms with E-state index in [1.165, 1.54) is 0 Å². The zero-order valence-electron chi connectivity index (χ0n) is 18.3. The fourth-order valence-electron chi connectivity index (χ4n) is 4.03. The Kier molecular flexibility index (Phi) is 7.02. The lowest BCUT2D eigenvalue weighted by Gasteiger charge is -2.34. The summed E-state index contributed by atoms with van der Waals surface area (Å²) in [6.07, 6.45) is 1.27. The van der Waals surface area contributed by atoms with E-state index in [1.807, 2.05) is 30.3 Å². The van der Waals surface area contributed by atoms with Crippen LogP contribution in [0.5, 0.6) is 11.5 Å². The number of aliphatic hydroxyl groups excluding tert-OH is 1. The van der Waals surface area contributed by atoms with E-state index >= 15 is 0 Å². The average molecular weight is 422 g/mol. The second-order valence-electron chi connectivity index (χ2n) is 8.01. The largest absolute Gasteiger partial charge is 0.497 e. The number of ether oxygens (including phenoxy) is 2. The van der Waals surface area contributed by atoms with Gasteiger partial charge in [0.05, 0.1) is 12.6 Å². The van der Waals surface area contributed by atoms with Crippen LogP contribution >= 0.6 is 0 Å². The van der Waals surface area contributed by atoms with E-state index in [1.54, 1.807) is 13.3 Å². The Morgan fingerprint density at radius 1 is 0.968 bits per heavy atom. The Balaban J connectivity index is 1.42. The first-order valence-electron chi connectivity index (χ1n) is 10.9. The summed E-state index contributed by atoms with van der Waals surface area (Å²) in [6, 6.07) is 16.0. The molecule has 0 radical (unpaired) electrons. The second kappa shape index (κ2) is 10.1. The molecule has 1 atom stereocenters. The predicted molar refractivity (Wildman–Crippen MR) is 124 cm³/mol. The Labute approximate surface area is 184 Å². The van der Waals surface area contributed by atoms with Crippen molar-refractivity contribution in [1.82, 2.24) is 14.8 Å². The van der Waals surface area contributed by atoms with Crippen LogP contribution in [0.3, 0.4) is 0 Å². The van der Waals surface area contributed by atoms with Crippen LogP contribution in [-0.2, 0) is 0 Å². The van der Waals surface area contributed by atoms with E-state index in [0.29, 0.717) is 12.3 Å². The number of aliphatic hydroxyl groups is 1. The topological polar surface area (TPSA) is 58.1 Å². The van der Waals surface area contributed by atoms with Gasteiger partial charge in [-0.15, -0.1) is 0 Å². The first-order chi connectivity index (χ1) is 15.1. The van der Waals surface area contributed by atoms with Crippen molar-refractivity contribution in [3.63, 3.8) is 0 Å². The number of rotatable bonds is 8. The maximum Gasteiger partial charge on any atom is 0.123 e. The minimum atomic E-state index is -0.533. The SMILES string of the molecule is CCN1CCN(CC(O)COc2cc(OC)cc(-c3ccc4ncccc4c3)c2)CC1. The summed E-state index contributed by atoms with van der Waals surface area (Å²) in [5.41, 5.74) is 3.04. The average Bonchev–Trinajstić information content (AvgIpc) is 2.82. The lowest BCUT2D eigenvalue weighted by atomic mass is 10.0. The molecule has 1 N–H and O–H groups in total. The number of likely N-dealkylation sites (N-methyl/N-ethyl adjacent to an activating group) is 1. The summed E-state index contributed by atoms with van der Waals surface area (Å²) in [5.74, 6) is 1.42. The zero-order valence-corrected chi connectivity index (χ0v) is 18.3. The third-order valence-electron chi connectivity index (χ3n) is 5.88. The number of hydrogen-bond donors (Lipinski definition) is 1. The van der Waals surface area contributed by atoms with Gasteiger partial charge in [0.1, 0.15) is 24.2 Å². The molecule has 3 aromatic rings. The van der Waals surface area contributed by atoms with Gasteiger partial charge in [-0.1, -0.05) is 19.1 Å². The first-order valence-corrected chi connectivity index (χ1v) is 10.9. The van der Waals surface area contributed by atoms with Gasteiger partial charge in [0, 0.05) is 50.4 Å². The third kappa shape index (κ3) is 5.53. The quantitative estimate of drug-likeness (QED) is 0.602. The van der Waals surface area contributed by atoms with Crippen molar-refractivity contribution in [2.45, 2.75) is 13.0 Å². The molecule has 164 valence electrons. The van der Waals surface area contributed by atoms with Gasteiger partial charge >= 0.3 is 0 Å². The maximum absolute atomic E-state index is 10.5. The summed E-state index contributed by atoms with van der Waals surface area (Å²) < 4.78 is 11.5. The summed E-state index contributed by atoms with van der Waals surface area (Å²) in [6.45, 7) is 8.26. The smallest absolute Gasteiger partial charge is 0.123 e. The van der Waals surface area contributed by atoms with Gasteiger partial charge in [0.25, 0.3) is 0 Å². The van der Waals surface area contributed by atoms with Crippen LogP contribution < -0.4 is 9.47 Å². The number of pyridine rings is 1. The third-order valence-corrected chi connectivity index (χ3v) is 5.88. The Hall–Kier alpha value is -2.67. The van der Waals surface area contributed by atoms with Crippen molar-refractivity contribution in [1.29, 1.82) is 0 Å². The standard InChI is InChI=1S/C25H31N3O3/c1-3-27-9-11-28(12-10-27)17-22(29)18-31-24-15-21(14-23(16-24)30-2)19-6-7-25-20(13-19)5-4-8-26-25/h4-8,13-16,22,29H,3,9-12,17-18H2,1-2H3. The highest BCUT2D eigenvalue weighted by atomic mass is 16.5. The van der Waals surface area contributed by atoms with E-state index in [0.717, 1.165) is 60.5 Å². The van der Waals surface area contributed by atoms with Crippen LogP contribution in [-0.4, -0.2) is 79.0 Å². The number of methoxy groups -OCH3 is 1. The molecule has 1 unspecified atom stereocenters. The van der Waals surface area contributed by atoms with E-state index in [2.05, 4.69) is 39.9 Å². The summed E-state index contributed by atoms with van der Waals surface area (Å²) in [7, 11) is 1.65. The van der Waals surface area contributed by atoms with Crippen LogP contribution in [0, 0.1) is 0 Å². The van der Waals surface area contributed by atoms with Gasteiger partial charge in [0.15, 0.2) is 0 Å². The molecule has 0 aliphatic carbocycles. The number of β-amino-alcohol motifs (C(OH)–C–C–N with tert-alkyl or cyclic N) is 1. The molecule has 1 aliphatic rings. The van der Waals surface area contributed by atoms with E-state index < -0.39 is 6.10 Å². The highest BCUT2D eigenvalue weighted by molar-refractivity contribution is 5.84. The van der Waals surface area contributed by atoms with Crippen LogP contribution in [0.15, 0.2) is 54.7 Å². The van der Waals surface area contributed by atoms with Crippen molar-refractivity contribution in [3.05, 3.63) is 54.7 Å². The molecule has 1 saturated heterocycles. The normalized spacial score (nSPS) is 16.4. The zero-order chi connectivity index (χ0) is 21.6. The highest BCUT2D eigenvalue weighted by Crippen LogP contribution is 2.31. The molecular weight excluding hydrogens is 390 g/mol. The Morgan fingerprint density at radius 2 is 1.74 bits per heavy atom. The first kappa shape index (κ1) is 21.6. The number of benzene rings is 2. The number of nitrogens with zero attached hydrogens (tertiary/aromatic N) is 3. The Bertz CT molecular complexity index is 1000. The van der Waals surface area contributed by atoms with Crippen LogP contribution in [0.1, 0.15) is 6.92 Å². The van der Waals surface area contributed by atoms with E-state index in [9.17, 15) is 5.11 Å². The molecule has 6 nitrogen and oxygen atoms in total. The van der Waals surface area contributed by atoms with Gasteiger partial charge in [-0.05, 0) is 48.0 Å². The minimum absolute atomic E-state index is 0.252. The fraction of sp³-hybridized carbons (Fsp3) is 0.400. The van der Waals surface area contributed by atoms with E-state index in [4.69, 9.17) is 9.47 Å². The molecule has 2 aromatic carbocycles. The number of hydrogen-bond acceptors (Lipinski definition) is 6.